The molecule has 2 heterocycles. The SMILES string of the molecule is CN(C(=O)CSc1ccncc1)[C@@H]1CCCN(Cc2ccccc2F)C1. The van der Waals surface area contributed by atoms with Gasteiger partial charge in [0.2, 0.25) is 5.91 Å². The number of rotatable bonds is 6. The van der Waals surface area contributed by atoms with E-state index in [1.165, 1.54) is 17.8 Å². The van der Waals surface area contributed by atoms with Gasteiger partial charge in [0.05, 0.1) is 5.75 Å². The number of carbonyl (C=O) groups is 1. The Labute approximate surface area is 158 Å². The fraction of sp³-hybridized carbons (Fsp3) is 0.400. The van der Waals surface area contributed by atoms with Crippen molar-refractivity contribution in [3.8, 4) is 0 Å². The molecule has 1 amide bonds. The third kappa shape index (κ3) is 5.05. The van der Waals surface area contributed by atoms with Gasteiger partial charge in [-0.15, -0.1) is 11.8 Å². The number of likely N-dealkylation sites (N-methyl/N-ethyl adjacent to an activating group) is 1. The van der Waals surface area contributed by atoms with Crippen molar-refractivity contribution in [1.82, 2.24) is 14.8 Å². The van der Waals surface area contributed by atoms with E-state index in [0.717, 1.165) is 36.4 Å². The van der Waals surface area contributed by atoms with Crippen molar-refractivity contribution in [3.05, 3.63) is 60.2 Å². The molecule has 138 valence electrons. The molecule has 0 unspecified atom stereocenters. The van der Waals surface area contributed by atoms with Gasteiger partial charge >= 0.3 is 0 Å². The molecule has 1 fully saturated rings. The second-order valence-corrected chi connectivity index (χ2v) is 7.65. The predicted octanol–water partition coefficient (Wildman–Crippen LogP) is 3.44. The van der Waals surface area contributed by atoms with Crippen molar-refractivity contribution in [2.75, 3.05) is 25.9 Å². The Morgan fingerprint density at radius 2 is 2.08 bits per heavy atom. The molecule has 4 nitrogen and oxygen atoms in total. The summed E-state index contributed by atoms with van der Waals surface area (Å²) in [6, 6.07) is 10.9. The standard InChI is InChI=1S/C20H24FN3OS/c1-23(20(25)15-26-18-8-10-22-11-9-18)17-6-4-12-24(14-17)13-16-5-2-3-7-19(16)21/h2-3,5,7-11,17H,4,6,12-15H2,1H3/t17-/m1/s1. The predicted molar refractivity (Wildman–Crippen MR) is 102 cm³/mol. The maximum atomic E-state index is 13.9. The van der Waals surface area contributed by atoms with E-state index in [2.05, 4.69) is 9.88 Å². The van der Waals surface area contributed by atoms with Crippen LogP contribution in [0.1, 0.15) is 18.4 Å². The number of halogens is 1. The first-order valence-corrected chi connectivity index (χ1v) is 9.86. The minimum atomic E-state index is -0.159. The molecule has 1 atom stereocenters. The van der Waals surface area contributed by atoms with Crippen molar-refractivity contribution in [3.63, 3.8) is 0 Å². The van der Waals surface area contributed by atoms with Crippen molar-refractivity contribution in [2.45, 2.75) is 30.3 Å². The molecule has 2 aromatic rings. The number of nitrogens with zero attached hydrogens (tertiary/aromatic N) is 3. The van der Waals surface area contributed by atoms with E-state index >= 15 is 0 Å². The van der Waals surface area contributed by atoms with Crippen LogP contribution >= 0.6 is 11.8 Å². The summed E-state index contributed by atoms with van der Waals surface area (Å²) >= 11 is 1.53. The summed E-state index contributed by atoms with van der Waals surface area (Å²) in [7, 11) is 1.88. The summed E-state index contributed by atoms with van der Waals surface area (Å²) in [5.41, 5.74) is 0.718. The molecule has 0 radical (unpaired) electrons. The molecule has 0 N–H and O–H groups in total. The Morgan fingerprint density at radius 1 is 1.31 bits per heavy atom. The lowest BCUT2D eigenvalue weighted by Gasteiger charge is -2.37. The molecule has 6 heteroatoms. The number of thioether (sulfide) groups is 1. The number of amides is 1. The minimum Gasteiger partial charge on any atom is -0.341 e. The Bertz CT molecular complexity index is 728. The van der Waals surface area contributed by atoms with Gasteiger partial charge in [-0.2, -0.15) is 0 Å². The molecule has 1 aromatic heterocycles. The molecule has 1 aromatic carbocycles. The molecule has 1 aliphatic heterocycles. The van der Waals surface area contributed by atoms with E-state index in [1.807, 2.05) is 36.2 Å². The average Bonchev–Trinajstić information content (AvgIpc) is 2.68. The molecular weight excluding hydrogens is 349 g/mol. The highest BCUT2D eigenvalue weighted by molar-refractivity contribution is 8.00. The van der Waals surface area contributed by atoms with Crippen LogP contribution < -0.4 is 0 Å². The first kappa shape index (κ1) is 18.9. The van der Waals surface area contributed by atoms with Crippen molar-refractivity contribution < 1.29 is 9.18 Å². The highest BCUT2D eigenvalue weighted by Gasteiger charge is 2.26. The third-order valence-corrected chi connectivity index (χ3v) is 5.78. The van der Waals surface area contributed by atoms with Crippen LogP contribution in [0.15, 0.2) is 53.7 Å². The van der Waals surface area contributed by atoms with Gasteiger partial charge in [-0.3, -0.25) is 14.7 Å². The molecular formula is C20H24FN3OS. The minimum absolute atomic E-state index is 0.129. The Kier molecular flexibility index (Phi) is 6.63. The van der Waals surface area contributed by atoms with E-state index in [9.17, 15) is 9.18 Å². The molecule has 3 rings (SSSR count). The van der Waals surface area contributed by atoms with Gasteiger partial charge in [0.25, 0.3) is 0 Å². The normalized spacial score (nSPS) is 17.8. The number of piperidine rings is 1. The summed E-state index contributed by atoms with van der Waals surface area (Å²) < 4.78 is 13.9. The second-order valence-electron chi connectivity index (χ2n) is 6.60. The van der Waals surface area contributed by atoms with Crippen LogP contribution in [-0.4, -0.2) is 52.6 Å². The van der Waals surface area contributed by atoms with Crippen molar-refractivity contribution in [1.29, 1.82) is 0 Å². The monoisotopic (exact) mass is 373 g/mol. The number of pyridine rings is 1. The number of carbonyl (C=O) groups excluding carboxylic acids is 1. The zero-order chi connectivity index (χ0) is 18.4. The van der Waals surface area contributed by atoms with Crippen LogP contribution in [-0.2, 0) is 11.3 Å². The molecule has 0 aliphatic carbocycles. The van der Waals surface area contributed by atoms with Gasteiger partial charge in [-0.1, -0.05) is 18.2 Å². The van der Waals surface area contributed by atoms with E-state index in [4.69, 9.17) is 0 Å². The maximum absolute atomic E-state index is 13.9. The van der Waals surface area contributed by atoms with Crippen molar-refractivity contribution in [2.24, 2.45) is 0 Å². The summed E-state index contributed by atoms with van der Waals surface area (Å²) in [5.74, 6) is 0.391. The molecule has 26 heavy (non-hydrogen) atoms. The van der Waals surface area contributed by atoms with Gasteiger partial charge < -0.3 is 4.90 Å². The van der Waals surface area contributed by atoms with Gasteiger partial charge in [-0.25, -0.2) is 4.39 Å². The van der Waals surface area contributed by atoms with E-state index in [0.29, 0.717) is 12.3 Å². The van der Waals surface area contributed by atoms with Gasteiger partial charge in [0.15, 0.2) is 0 Å². The van der Waals surface area contributed by atoms with Crippen LogP contribution in [0.25, 0.3) is 0 Å². The molecule has 1 saturated heterocycles. The molecule has 1 aliphatic rings. The highest BCUT2D eigenvalue weighted by Crippen LogP contribution is 2.21. The van der Waals surface area contributed by atoms with Crippen LogP contribution in [0.2, 0.25) is 0 Å². The fourth-order valence-corrected chi connectivity index (χ4v) is 4.05. The first-order chi connectivity index (χ1) is 12.6. The van der Waals surface area contributed by atoms with E-state index in [-0.39, 0.29) is 17.8 Å². The number of aromatic nitrogens is 1. The average molecular weight is 373 g/mol. The molecule has 0 saturated carbocycles. The first-order valence-electron chi connectivity index (χ1n) is 8.87. The van der Waals surface area contributed by atoms with E-state index in [1.54, 1.807) is 18.5 Å². The van der Waals surface area contributed by atoms with Gasteiger partial charge in [-0.05, 0) is 37.6 Å². The summed E-state index contributed by atoms with van der Waals surface area (Å²) in [6.07, 6.45) is 5.49. The van der Waals surface area contributed by atoms with Crippen LogP contribution in [0.4, 0.5) is 4.39 Å². The summed E-state index contributed by atoms with van der Waals surface area (Å²) in [6.45, 7) is 2.33. The third-order valence-electron chi connectivity index (χ3n) is 4.79. The highest BCUT2D eigenvalue weighted by atomic mass is 32.2. The zero-order valence-corrected chi connectivity index (χ0v) is 15.8. The number of benzene rings is 1. The Balaban J connectivity index is 1.53. The van der Waals surface area contributed by atoms with Crippen LogP contribution in [0.5, 0.6) is 0 Å². The van der Waals surface area contributed by atoms with E-state index < -0.39 is 0 Å². The number of hydrogen-bond acceptors (Lipinski definition) is 4. The fourth-order valence-electron chi connectivity index (χ4n) is 3.24. The zero-order valence-electron chi connectivity index (χ0n) is 15.0. The van der Waals surface area contributed by atoms with Crippen LogP contribution in [0, 0.1) is 5.82 Å². The lowest BCUT2D eigenvalue weighted by Crippen LogP contribution is -2.48. The maximum Gasteiger partial charge on any atom is 0.232 e. The van der Waals surface area contributed by atoms with Crippen LogP contribution in [0.3, 0.4) is 0 Å². The van der Waals surface area contributed by atoms with Gasteiger partial charge in [0.1, 0.15) is 5.82 Å². The lowest BCUT2D eigenvalue weighted by molar-refractivity contribution is -0.130. The lowest BCUT2D eigenvalue weighted by atomic mass is 10.0. The summed E-state index contributed by atoms with van der Waals surface area (Å²) in [4.78, 5) is 21.7. The topological polar surface area (TPSA) is 36.4 Å². The second kappa shape index (κ2) is 9.14. The Morgan fingerprint density at radius 3 is 2.85 bits per heavy atom. The van der Waals surface area contributed by atoms with Crippen molar-refractivity contribution >= 4 is 17.7 Å². The molecule has 0 bridgehead atoms. The largest absolute Gasteiger partial charge is 0.341 e. The van der Waals surface area contributed by atoms with Gasteiger partial charge in [0, 0.05) is 49.0 Å². The number of likely N-dealkylation sites (tertiary alicyclic amines) is 1. The number of hydrogen-bond donors (Lipinski definition) is 0. The summed E-state index contributed by atoms with van der Waals surface area (Å²) in [5, 5.41) is 0. The molecule has 0 spiro atoms. The quantitative estimate of drug-likeness (QED) is 0.727. The smallest absolute Gasteiger partial charge is 0.232 e. The Hall–Kier alpha value is -1.92.